The molecule has 9 heteroatoms. The minimum absolute atomic E-state index is 0.00270. The molecule has 0 aliphatic carbocycles. The predicted octanol–water partition coefficient (Wildman–Crippen LogP) is 3.02. The number of hydrogen-bond donors (Lipinski definition) is 4. The fourth-order valence-corrected chi connectivity index (χ4v) is 4.46. The molecule has 1 fully saturated rings. The molecule has 1 heterocycles. The van der Waals surface area contributed by atoms with Crippen molar-refractivity contribution < 1.29 is 19.5 Å². The highest BCUT2D eigenvalue weighted by Crippen LogP contribution is 2.46. The Kier molecular flexibility index (Phi) is 9.37. The number of urea groups is 1. The summed E-state index contributed by atoms with van der Waals surface area (Å²) in [5, 5.41) is 20.3. The van der Waals surface area contributed by atoms with Gasteiger partial charge < -0.3 is 26.0 Å². The van der Waals surface area contributed by atoms with E-state index in [1.54, 1.807) is 17.0 Å². The second-order valence-corrected chi connectivity index (χ2v) is 10.8. The number of halogens is 1. The molecule has 0 aromatic heterocycles. The highest BCUT2D eigenvalue weighted by atomic mass is 35.5. The standard InChI is InChI=1S/C25H39ClN4O4/c1-16(2)21(29-20(31)11-13-27-23(33)28-17(3)4)22(32)30-14-12-25(34,24(5,6)15-30)18-7-9-19(26)10-8-18/h7-10,16-17,21,34H,11-15H2,1-6H3,(H,29,31)(H2,27,28,33)/t21-,25+/m1/s1. The summed E-state index contributed by atoms with van der Waals surface area (Å²) in [6.45, 7) is 12.3. The van der Waals surface area contributed by atoms with Crippen molar-refractivity contribution in [2.75, 3.05) is 19.6 Å². The molecule has 1 aliphatic heterocycles. The number of carbonyl (C=O) groups excluding carboxylic acids is 3. The van der Waals surface area contributed by atoms with Crippen LogP contribution in [-0.4, -0.2) is 59.6 Å². The van der Waals surface area contributed by atoms with Crippen molar-refractivity contribution in [2.45, 2.75) is 72.1 Å². The van der Waals surface area contributed by atoms with Gasteiger partial charge in [-0.15, -0.1) is 0 Å². The molecule has 2 atom stereocenters. The largest absolute Gasteiger partial charge is 0.384 e. The van der Waals surface area contributed by atoms with Crippen LogP contribution < -0.4 is 16.0 Å². The van der Waals surface area contributed by atoms with Gasteiger partial charge in [-0.1, -0.05) is 51.4 Å². The topological polar surface area (TPSA) is 111 Å². The maximum atomic E-state index is 13.4. The van der Waals surface area contributed by atoms with Gasteiger partial charge in [0.2, 0.25) is 11.8 Å². The van der Waals surface area contributed by atoms with Crippen molar-refractivity contribution in [1.29, 1.82) is 0 Å². The van der Waals surface area contributed by atoms with Crippen LogP contribution in [0.1, 0.15) is 59.9 Å². The number of nitrogens with one attached hydrogen (secondary N) is 3. The zero-order valence-electron chi connectivity index (χ0n) is 21.1. The molecule has 1 aliphatic rings. The first-order valence-electron chi connectivity index (χ1n) is 11.9. The number of likely N-dealkylation sites (tertiary alicyclic amines) is 1. The second kappa shape index (κ2) is 11.4. The molecule has 1 aromatic rings. The van der Waals surface area contributed by atoms with E-state index in [0.717, 1.165) is 5.56 Å². The molecule has 4 N–H and O–H groups in total. The first-order chi connectivity index (χ1) is 15.8. The van der Waals surface area contributed by atoms with Gasteiger partial charge >= 0.3 is 6.03 Å². The minimum Gasteiger partial charge on any atom is -0.384 e. The Bertz CT molecular complexity index is 872. The van der Waals surface area contributed by atoms with E-state index in [2.05, 4.69) is 16.0 Å². The summed E-state index contributed by atoms with van der Waals surface area (Å²) in [6, 6.07) is 6.16. The number of hydrogen-bond acceptors (Lipinski definition) is 4. The van der Waals surface area contributed by atoms with Crippen molar-refractivity contribution >= 4 is 29.4 Å². The third-order valence-electron chi connectivity index (χ3n) is 6.39. The quantitative estimate of drug-likeness (QED) is 0.445. The Labute approximate surface area is 207 Å². The molecule has 0 radical (unpaired) electrons. The van der Waals surface area contributed by atoms with E-state index >= 15 is 0 Å². The molecule has 2 rings (SSSR count). The Hall–Kier alpha value is -2.32. The lowest BCUT2D eigenvalue weighted by Crippen LogP contribution is -2.60. The van der Waals surface area contributed by atoms with Gasteiger partial charge in [-0.25, -0.2) is 4.79 Å². The second-order valence-electron chi connectivity index (χ2n) is 10.4. The maximum absolute atomic E-state index is 13.4. The van der Waals surface area contributed by atoms with Crippen molar-refractivity contribution in [3.05, 3.63) is 34.9 Å². The molecular formula is C25H39ClN4O4. The SMILES string of the molecule is CC(C)NC(=O)NCCC(=O)N[C@@H](C(=O)N1CC[C@](O)(c2ccc(Cl)cc2)C(C)(C)C1)C(C)C. The summed E-state index contributed by atoms with van der Waals surface area (Å²) >= 11 is 6.01. The number of carbonyl (C=O) groups is 3. The number of amides is 4. The fourth-order valence-electron chi connectivity index (χ4n) is 4.33. The van der Waals surface area contributed by atoms with Crippen LogP contribution in [0.4, 0.5) is 4.79 Å². The van der Waals surface area contributed by atoms with Crippen LogP contribution in [0.3, 0.4) is 0 Å². The predicted molar refractivity (Wildman–Crippen MR) is 133 cm³/mol. The van der Waals surface area contributed by atoms with E-state index < -0.39 is 17.1 Å². The van der Waals surface area contributed by atoms with Gasteiger partial charge in [-0.2, -0.15) is 0 Å². The number of aliphatic hydroxyl groups is 1. The third-order valence-corrected chi connectivity index (χ3v) is 6.64. The van der Waals surface area contributed by atoms with Crippen molar-refractivity contribution in [1.82, 2.24) is 20.9 Å². The van der Waals surface area contributed by atoms with Crippen molar-refractivity contribution in [2.24, 2.45) is 11.3 Å². The number of nitrogens with zero attached hydrogens (tertiary/aromatic N) is 1. The summed E-state index contributed by atoms with van der Waals surface area (Å²) < 4.78 is 0. The van der Waals surface area contributed by atoms with Crippen LogP contribution >= 0.6 is 11.6 Å². The van der Waals surface area contributed by atoms with Gasteiger partial charge in [0.15, 0.2) is 0 Å². The average Bonchev–Trinajstić information content (AvgIpc) is 2.73. The Balaban J connectivity index is 2.01. The maximum Gasteiger partial charge on any atom is 0.315 e. The molecule has 4 amide bonds. The summed E-state index contributed by atoms with van der Waals surface area (Å²) in [4.78, 5) is 39.3. The minimum atomic E-state index is -1.10. The van der Waals surface area contributed by atoms with Gasteiger partial charge in [-0.3, -0.25) is 9.59 Å². The Morgan fingerprint density at radius 3 is 2.24 bits per heavy atom. The zero-order chi connectivity index (χ0) is 25.7. The van der Waals surface area contributed by atoms with E-state index in [4.69, 9.17) is 11.6 Å². The molecule has 0 bridgehead atoms. The lowest BCUT2D eigenvalue weighted by molar-refractivity contribution is -0.156. The third kappa shape index (κ3) is 6.85. The molecule has 0 saturated carbocycles. The van der Waals surface area contributed by atoms with Crippen LogP contribution in [0, 0.1) is 11.3 Å². The zero-order valence-corrected chi connectivity index (χ0v) is 21.8. The molecule has 1 aromatic carbocycles. The molecular weight excluding hydrogens is 456 g/mol. The molecule has 34 heavy (non-hydrogen) atoms. The van der Waals surface area contributed by atoms with Crippen LogP contribution in [0.25, 0.3) is 0 Å². The normalized spacial score (nSPS) is 20.7. The Morgan fingerprint density at radius 1 is 1.09 bits per heavy atom. The monoisotopic (exact) mass is 494 g/mol. The molecule has 1 saturated heterocycles. The van der Waals surface area contributed by atoms with E-state index in [9.17, 15) is 19.5 Å². The van der Waals surface area contributed by atoms with E-state index in [-0.39, 0.29) is 42.8 Å². The summed E-state index contributed by atoms with van der Waals surface area (Å²) in [6.07, 6.45) is 0.449. The lowest BCUT2D eigenvalue weighted by atomic mass is 9.66. The number of piperidine rings is 1. The van der Waals surface area contributed by atoms with Gasteiger partial charge in [0.25, 0.3) is 0 Å². The van der Waals surface area contributed by atoms with Crippen molar-refractivity contribution in [3.63, 3.8) is 0 Å². The van der Waals surface area contributed by atoms with Crippen LogP contribution in [-0.2, 0) is 15.2 Å². The van der Waals surface area contributed by atoms with E-state index in [0.29, 0.717) is 24.5 Å². The van der Waals surface area contributed by atoms with Crippen LogP contribution in [0.15, 0.2) is 24.3 Å². The van der Waals surface area contributed by atoms with Gasteiger partial charge in [0, 0.05) is 42.5 Å². The molecule has 190 valence electrons. The first-order valence-corrected chi connectivity index (χ1v) is 12.3. The van der Waals surface area contributed by atoms with Gasteiger partial charge in [0.05, 0.1) is 5.60 Å². The smallest absolute Gasteiger partial charge is 0.315 e. The Morgan fingerprint density at radius 2 is 1.71 bits per heavy atom. The summed E-state index contributed by atoms with van der Waals surface area (Å²) in [5.41, 5.74) is -0.946. The number of benzene rings is 1. The molecule has 0 unspecified atom stereocenters. The number of rotatable bonds is 8. The van der Waals surface area contributed by atoms with Gasteiger partial charge in [0.1, 0.15) is 6.04 Å². The van der Waals surface area contributed by atoms with E-state index in [1.165, 1.54) is 0 Å². The summed E-state index contributed by atoms with van der Waals surface area (Å²) in [7, 11) is 0. The van der Waals surface area contributed by atoms with Crippen LogP contribution in [0.5, 0.6) is 0 Å². The summed E-state index contributed by atoms with van der Waals surface area (Å²) in [5.74, 6) is -0.584. The molecule has 0 spiro atoms. The highest BCUT2D eigenvalue weighted by molar-refractivity contribution is 6.30. The van der Waals surface area contributed by atoms with Gasteiger partial charge in [-0.05, 0) is 43.9 Å². The van der Waals surface area contributed by atoms with Crippen LogP contribution in [0.2, 0.25) is 5.02 Å². The van der Waals surface area contributed by atoms with E-state index in [1.807, 2.05) is 53.7 Å². The lowest BCUT2D eigenvalue weighted by Gasteiger charge is -2.51. The van der Waals surface area contributed by atoms with Crippen molar-refractivity contribution in [3.8, 4) is 0 Å². The highest BCUT2D eigenvalue weighted by Gasteiger charge is 2.50. The first kappa shape index (κ1) is 27.9. The fraction of sp³-hybridized carbons (Fsp3) is 0.640. The average molecular weight is 495 g/mol. The molecule has 8 nitrogen and oxygen atoms in total.